The number of hydroxylamine groups is 1. The number of nitrogens with one attached hydrogen (secondary N) is 1. The van der Waals surface area contributed by atoms with Crippen LogP contribution >= 0.6 is 15.9 Å². The maximum absolute atomic E-state index is 12.8. The summed E-state index contributed by atoms with van der Waals surface area (Å²) >= 11 is 3.37. The van der Waals surface area contributed by atoms with Crippen LogP contribution in [0.5, 0.6) is 5.75 Å². The number of halogens is 1. The molecule has 1 unspecified atom stereocenters. The van der Waals surface area contributed by atoms with Gasteiger partial charge in [0.1, 0.15) is 23.5 Å². The van der Waals surface area contributed by atoms with Gasteiger partial charge < -0.3 is 5.11 Å². The van der Waals surface area contributed by atoms with Crippen molar-refractivity contribution in [2.45, 2.75) is 19.4 Å². The highest BCUT2D eigenvalue weighted by Gasteiger charge is 2.24. The largest absolute Gasteiger partial charge is 0.508 e. The molecule has 1 fully saturated rings. The van der Waals surface area contributed by atoms with Gasteiger partial charge >= 0.3 is 0 Å². The standard InChI is InChI=1S/C18H15BrN4O3/c1-10-20-15-7-4-12(19)8-14(15)18(25)23(10)21-17-9-16(26-22-17)11-2-5-13(24)6-3-11/h2-8,16,24H,9H2,1H3,(H,21,22). The van der Waals surface area contributed by atoms with E-state index in [1.54, 1.807) is 43.3 Å². The molecule has 26 heavy (non-hydrogen) atoms. The zero-order valence-electron chi connectivity index (χ0n) is 13.8. The molecule has 7 nitrogen and oxygen atoms in total. The Balaban J connectivity index is 1.68. The Morgan fingerprint density at radius 2 is 2.08 bits per heavy atom. The van der Waals surface area contributed by atoms with Gasteiger partial charge in [0.15, 0.2) is 0 Å². The first-order valence-corrected chi connectivity index (χ1v) is 8.78. The summed E-state index contributed by atoms with van der Waals surface area (Å²) in [7, 11) is 0. The highest BCUT2D eigenvalue weighted by Crippen LogP contribution is 2.26. The number of aromatic hydroxyl groups is 1. The summed E-state index contributed by atoms with van der Waals surface area (Å²) in [5.74, 6) is 1.22. The first-order chi connectivity index (χ1) is 12.5. The lowest BCUT2D eigenvalue weighted by atomic mass is 10.1. The molecule has 4 rings (SSSR count). The fourth-order valence-electron chi connectivity index (χ4n) is 2.83. The topological polar surface area (TPSA) is 88.7 Å². The Kier molecular flexibility index (Phi) is 4.21. The number of rotatable bonds is 2. The van der Waals surface area contributed by atoms with Crippen molar-refractivity contribution in [3.8, 4) is 5.75 Å². The van der Waals surface area contributed by atoms with E-state index in [1.807, 2.05) is 6.07 Å². The second-order valence-electron chi connectivity index (χ2n) is 5.99. The van der Waals surface area contributed by atoms with Gasteiger partial charge in [-0.25, -0.2) is 4.98 Å². The van der Waals surface area contributed by atoms with Crippen LogP contribution in [-0.2, 0) is 4.84 Å². The molecule has 0 amide bonds. The van der Waals surface area contributed by atoms with Crippen LogP contribution in [0.2, 0.25) is 0 Å². The van der Waals surface area contributed by atoms with Gasteiger partial charge in [-0.1, -0.05) is 28.1 Å². The van der Waals surface area contributed by atoms with Crippen LogP contribution < -0.4 is 11.0 Å². The van der Waals surface area contributed by atoms with E-state index in [4.69, 9.17) is 4.84 Å². The van der Waals surface area contributed by atoms with Crippen molar-refractivity contribution in [2.24, 2.45) is 5.10 Å². The van der Waals surface area contributed by atoms with Gasteiger partial charge in [-0.2, -0.15) is 4.68 Å². The van der Waals surface area contributed by atoms with E-state index in [2.05, 4.69) is 31.5 Å². The number of hydrogen-bond donors (Lipinski definition) is 2. The Morgan fingerprint density at radius 3 is 2.85 bits per heavy atom. The number of fused-ring (bicyclic) bond motifs is 1. The summed E-state index contributed by atoms with van der Waals surface area (Å²) in [6, 6.07) is 12.2. The van der Waals surface area contributed by atoms with Gasteiger partial charge in [0, 0.05) is 10.9 Å². The molecule has 0 aliphatic carbocycles. The number of phenols is 1. The predicted octanol–water partition coefficient (Wildman–Crippen LogP) is 3.00. The van der Waals surface area contributed by atoms with Crippen LogP contribution in [0.4, 0.5) is 0 Å². The molecule has 2 aromatic carbocycles. The van der Waals surface area contributed by atoms with Crippen LogP contribution in [0.15, 0.2) is 56.8 Å². The molecule has 1 aliphatic heterocycles. The van der Waals surface area contributed by atoms with E-state index in [9.17, 15) is 9.90 Å². The van der Waals surface area contributed by atoms with Crippen molar-refractivity contribution in [1.29, 1.82) is 0 Å². The summed E-state index contributed by atoms with van der Waals surface area (Å²) in [5, 5.41) is 14.3. The number of aryl methyl sites for hydroxylation is 1. The Labute approximate surface area is 157 Å². The number of aromatic nitrogens is 2. The summed E-state index contributed by atoms with van der Waals surface area (Å²) in [4.78, 5) is 22.8. The monoisotopic (exact) mass is 414 g/mol. The van der Waals surface area contributed by atoms with Crippen LogP contribution in [0.1, 0.15) is 23.9 Å². The number of nitrogens with zero attached hydrogens (tertiary/aromatic N) is 3. The number of phenolic OH excluding ortho intramolecular Hbond substituents is 1. The fourth-order valence-corrected chi connectivity index (χ4v) is 3.19. The molecule has 2 N–H and O–H groups in total. The van der Waals surface area contributed by atoms with E-state index in [-0.39, 0.29) is 17.4 Å². The van der Waals surface area contributed by atoms with E-state index in [0.717, 1.165) is 10.0 Å². The summed E-state index contributed by atoms with van der Waals surface area (Å²) in [6.07, 6.45) is 0.237. The van der Waals surface area contributed by atoms with Crippen molar-refractivity contribution >= 4 is 32.7 Å². The molecule has 1 aromatic heterocycles. The second kappa shape index (κ2) is 6.54. The Bertz CT molecular complexity index is 1080. The number of amidine groups is 1. The molecule has 0 spiro atoms. The molecule has 8 heteroatoms. The van der Waals surface area contributed by atoms with E-state index in [1.165, 1.54) is 4.68 Å². The van der Waals surface area contributed by atoms with Crippen molar-refractivity contribution < 1.29 is 9.94 Å². The minimum Gasteiger partial charge on any atom is -0.508 e. The third-order valence-corrected chi connectivity index (χ3v) is 4.65. The molecular formula is C18H15BrN4O3. The van der Waals surface area contributed by atoms with E-state index < -0.39 is 0 Å². The summed E-state index contributed by atoms with van der Waals surface area (Å²) in [5.41, 5.74) is 4.07. The highest BCUT2D eigenvalue weighted by atomic mass is 79.9. The first-order valence-electron chi connectivity index (χ1n) is 7.98. The molecule has 2 heterocycles. The lowest BCUT2D eigenvalue weighted by molar-refractivity contribution is 0.0447. The van der Waals surface area contributed by atoms with Gasteiger partial charge in [0.25, 0.3) is 5.56 Å². The van der Waals surface area contributed by atoms with Gasteiger partial charge in [0.2, 0.25) is 0 Å². The average molecular weight is 415 g/mol. The Morgan fingerprint density at radius 1 is 1.31 bits per heavy atom. The van der Waals surface area contributed by atoms with Crippen molar-refractivity contribution in [1.82, 2.24) is 15.1 Å². The molecule has 0 radical (unpaired) electrons. The highest BCUT2D eigenvalue weighted by molar-refractivity contribution is 9.10. The molecule has 132 valence electrons. The molecule has 1 atom stereocenters. The van der Waals surface area contributed by atoms with Gasteiger partial charge in [-0.05, 0) is 42.8 Å². The maximum atomic E-state index is 12.8. The lowest BCUT2D eigenvalue weighted by Crippen LogP contribution is -2.24. The number of hydrogen-bond acceptors (Lipinski definition) is 5. The van der Waals surface area contributed by atoms with Crippen LogP contribution in [0, 0.1) is 6.92 Å². The first kappa shape index (κ1) is 16.7. The van der Waals surface area contributed by atoms with Crippen LogP contribution in [-0.4, -0.2) is 20.6 Å². The third-order valence-electron chi connectivity index (χ3n) is 4.15. The summed E-state index contributed by atoms with van der Waals surface area (Å²) in [6.45, 7) is 1.74. The molecule has 3 aromatic rings. The second-order valence-corrected chi connectivity index (χ2v) is 6.90. The Hall–Kier alpha value is -2.71. The normalized spacial score (nSPS) is 18.4. The number of benzene rings is 2. The van der Waals surface area contributed by atoms with E-state index >= 15 is 0 Å². The minimum absolute atomic E-state index is 0.198. The maximum Gasteiger partial charge on any atom is 0.282 e. The average Bonchev–Trinajstić information content (AvgIpc) is 3.09. The van der Waals surface area contributed by atoms with Crippen LogP contribution in [0.3, 0.4) is 0 Å². The van der Waals surface area contributed by atoms with Crippen molar-refractivity contribution in [3.05, 3.63) is 68.7 Å². The zero-order valence-corrected chi connectivity index (χ0v) is 15.4. The smallest absolute Gasteiger partial charge is 0.282 e. The molecule has 0 saturated carbocycles. The van der Waals surface area contributed by atoms with Gasteiger partial charge in [0.05, 0.1) is 10.9 Å². The van der Waals surface area contributed by atoms with Crippen molar-refractivity contribution in [3.63, 3.8) is 0 Å². The predicted molar refractivity (Wildman–Crippen MR) is 101 cm³/mol. The molecule has 0 bridgehead atoms. The molecular weight excluding hydrogens is 400 g/mol. The minimum atomic E-state index is -0.243. The van der Waals surface area contributed by atoms with E-state index in [0.29, 0.717) is 29.0 Å². The van der Waals surface area contributed by atoms with Crippen LogP contribution in [0.25, 0.3) is 10.9 Å². The summed E-state index contributed by atoms with van der Waals surface area (Å²) < 4.78 is 2.08. The zero-order chi connectivity index (χ0) is 18.3. The third kappa shape index (κ3) is 3.09. The van der Waals surface area contributed by atoms with Crippen molar-refractivity contribution in [2.75, 3.05) is 0 Å². The SMILES string of the molecule is Cc1nc2ccc(Br)cc2c(=O)n1/N=C1\CC(c2ccc(O)cc2)ON1. The lowest BCUT2D eigenvalue weighted by Gasteiger charge is -2.07. The van der Waals surface area contributed by atoms with Gasteiger partial charge in [-0.3, -0.25) is 15.1 Å². The fraction of sp³-hybridized carbons (Fsp3) is 0.167. The molecule has 1 saturated heterocycles. The molecule has 1 aliphatic rings. The quantitative estimate of drug-likeness (QED) is 0.672. The van der Waals surface area contributed by atoms with Gasteiger partial charge in [-0.15, -0.1) is 5.10 Å².